The normalized spacial score (nSPS) is 17.7. The van der Waals surface area contributed by atoms with Gasteiger partial charge in [0.05, 0.1) is 21.3 Å². The number of hydrogen-bond donors (Lipinski definition) is 3. The van der Waals surface area contributed by atoms with Crippen molar-refractivity contribution >= 4 is 46.6 Å². The summed E-state index contributed by atoms with van der Waals surface area (Å²) in [5, 5.41) is 8.80. The van der Waals surface area contributed by atoms with Crippen LogP contribution in [-0.4, -0.2) is 34.9 Å². The van der Waals surface area contributed by atoms with Gasteiger partial charge in [0.1, 0.15) is 5.03 Å². The maximum absolute atomic E-state index is 6.43. The van der Waals surface area contributed by atoms with Crippen LogP contribution < -0.4 is 16.4 Å². The van der Waals surface area contributed by atoms with Gasteiger partial charge < -0.3 is 16.4 Å². The Morgan fingerprint density at radius 3 is 2.70 bits per heavy atom. The second kappa shape index (κ2) is 7.87. The fourth-order valence-electron chi connectivity index (χ4n) is 3.32. The van der Waals surface area contributed by atoms with Crippen LogP contribution in [0.4, 0.5) is 5.95 Å². The molecule has 5 nitrogen and oxygen atoms in total. The molecule has 0 atom stereocenters. The summed E-state index contributed by atoms with van der Waals surface area (Å²) >= 11 is 14.1. The third-order valence-corrected chi connectivity index (χ3v) is 6.78. The van der Waals surface area contributed by atoms with Gasteiger partial charge in [-0.25, -0.2) is 9.97 Å². The van der Waals surface area contributed by atoms with Gasteiger partial charge in [-0.2, -0.15) is 0 Å². The number of thioether (sulfide) groups is 1. The van der Waals surface area contributed by atoms with Crippen LogP contribution in [0.25, 0.3) is 17.0 Å². The van der Waals surface area contributed by atoms with Crippen molar-refractivity contribution in [3.05, 3.63) is 39.4 Å². The summed E-state index contributed by atoms with van der Waals surface area (Å²) in [5.74, 6) is 1.48. The van der Waals surface area contributed by atoms with Gasteiger partial charge in [0.25, 0.3) is 0 Å². The predicted octanol–water partition coefficient (Wildman–Crippen LogP) is 4.41. The van der Waals surface area contributed by atoms with E-state index in [0.29, 0.717) is 22.0 Å². The number of aromatic nitrogens is 2. The first-order valence-electron chi connectivity index (χ1n) is 8.96. The van der Waals surface area contributed by atoms with Crippen molar-refractivity contribution in [1.82, 2.24) is 15.3 Å². The third-order valence-electron chi connectivity index (χ3n) is 4.90. The Balaban J connectivity index is 1.81. The average Bonchev–Trinajstić information content (AvgIpc) is 2.67. The maximum atomic E-state index is 6.43. The molecule has 0 aliphatic carbocycles. The molecule has 0 amide bonds. The summed E-state index contributed by atoms with van der Waals surface area (Å²) in [5.41, 5.74) is 10.9. The van der Waals surface area contributed by atoms with E-state index in [2.05, 4.69) is 10.6 Å². The molecule has 1 saturated heterocycles. The van der Waals surface area contributed by atoms with Crippen LogP contribution in [-0.2, 0) is 0 Å². The summed E-state index contributed by atoms with van der Waals surface area (Å²) in [6.45, 7) is 4.06. The highest BCUT2D eigenvalue weighted by atomic mass is 35.5. The van der Waals surface area contributed by atoms with Crippen molar-refractivity contribution in [3.63, 3.8) is 0 Å². The molecular weight excluding hydrogens is 401 g/mol. The maximum Gasteiger partial charge on any atom is 0.224 e. The fraction of sp³-hybridized carbons (Fsp3) is 0.368. The van der Waals surface area contributed by atoms with Crippen molar-refractivity contribution in [2.24, 2.45) is 5.73 Å². The molecule has 8 heteroatoms. The number of nitrogens with one attached hydrogen (secondary N) is 2. The number of piperidine rings is 1. The monoisotopic (exact) mass is 421 g/mol. The lowest BCUT2D eigenvalue weighted by Gasteiger charge is -2.26. The first-order chi connectivity index (χ1) is 13.0. The highest BCUT2D eigenvalue weighted by Gasteiger charge is 2.25. The van der Waals surface area contributed by atoms with Crippen LogP contribution in [0.1, 0.15) is 25.3 Å². The number of hydrogen-bond acceptors (Lipinski definition) is 6. The van der Waals surface area contributed by atoms with Gasteiger partial charge >= 0.3 is 0 Å². The molecule has 4 N–H and O–H groups in total. The lowest BCUT2D eigenvalue weighted by Crippen LogP contribution is -2.35. The van der Waals surface area contributed by atoms with E-state index < -0.39 is 0 Å². The van der Waals surface area contributed by atoms with E-state index in [1.54, 1.807) is 17.8 Å². The average molecular weight is 422 g/mol. The molecule has 27 heavy (non-hydrogen) atoms. The Labute approximate surface area is 173 Å². The molecule has 0 unspecified atom stereocenters. The first-order valence-corrected chi connectivity index (χ1v) is 10.7. The van der Waals surface area contributed by atoms with Crippen molar-refractivity contribution in [2.75, 3.05) is 24.2 Å². The van der Waals surface area contributed by atoms with Crippen molar-refractivity contribution < 1.29 is 0 Å². The summed E-state index contributed by atoms with van der Waals surface area (Å²) in [4.78, 5) is 9.60. The van der Waals surface area contributed by atoms with Crippen molar-refractivity contribution in [1.29, 1.82) is 0 Å². The minimum atomic E-state index is 0.370. The molecule has 2 aliphatic heterocycles. The van der Waals surface area contributed by atoms with Crippen LogP contribution >= 0.6 is 35.0 Å². The number of nitrogens with two attached hydrogens (primary N) is 1. The van der Waals surface area contributed by atoms with E-state index >= 15 is 0 Å². The van der Waals surface area contributed by atoms with Crippen molar-refractivity contribution in [2.45, 2.75) is 30.8 Å². The molecule has 1 aromatic carbocycles. The van der Waals surface area contributed by atoms with Crippen molar-refractivity contribution in [3.8, 4) is 11.3 Å². The molecule has 0 radical (unpaired) electrons. The molecule has 4 rings (SSSR count). The molecule has 142 valence electrons. The third kappa shape index (κ3) is 3.90. The SMILES string of the molecule is CC1=C(N)c2c(nc(NC3CCNCC3)nc2-c2ccc(Cl)c(Cl)c2)SC1. The topological polar surface area (TPSA) is 75.9 Å². The predicted molar refractivity (Wildman–Crippen MR) is 115 cm³/mol. The second-order valence-electron chi connectivity index (χ2n) is 6.86. The minimum Gasteiger partial charge on any atom is -0.398 e. The molecule has 0 bridgehead atoms. The van der Waals surface area contributed by atoms with Crippen LogP contribution in [0.2, 0.25) is 10.0 Å². The van der Waals surface area contributed by atoms with Crippen LogP contribution in [0.5, 0.6) is 0 Å². The van der Waals surface area contributed by atoms with Crippen LogP contribution in [0.15, 0.2) is 28.8 Å². The number of benzene rings is 1. The second-order valence-corrected chi connectivity index (χ2v) is 8.63. The Morgan fingerprint density at radius 1 is 1.19 bits per heavy atom. The molecule has 3 heterocycles. The van der Waals surface area contributed by atoms with Gasteiger partial charge in [0.15, 0.2) is 0 Å². The molecule has 1 fully saturated rings. The Bertz CT molecular complexity index is 909. The van der Waals surface area contributed by atoms with E-state index in [1.807, 2.05) is 19.1 Å². The number of fused-ring (bicyclic) bond motifs is 1. The Hall–Kier alpha value is -1.47. The number of rotatable bonds is 3. The molecule has 2 aromatic rings. The molecule has 2 aliphatic rings. The molecular formula is C19H21Cl2N5S. The van der Waals surface area contributed by atoms with Gasteiger partial charge in [-0.1, -0.05) is 29.3 Å². The van der Waals surface area contributed by atoms with Gasteiger partial charge in [0, 0.05) is 23.1 Å². The smallest absolute Gasteiger partial charge is 0.224 e. The Kier molecular flexibility index (Phi) is 5.50. The number of halogens is 2. The van der Waals surface area contributed by atoms with E-state index in [9.17, 15) is 0 Å². The summed E-state index contributed by atoms with van der Waals surface area (Å²) in [7, 11) is 0. The van der Waals surface area contributed by atoms with Gasteiger partial charge in [-0.3, -0.25) is 0 Å². The highest BCUT2D eigenvalue weighted by molar-refractivity contribution is 7.99. The zero-order valence-electron chi connectivity index (χ0n) is 15.0. The first kappa shape index (κ1) is 18.9. The molecule has 0 spiro atoms. The van der Waals surface area contributed by atoms with E-state index in [0.717, 1.165) is 64.8 Å². The molecule has 1 aromatic heterocycles. The quantitative estimate of drug-likeness (QED) is 0.637. The van der Waals surface area contributed by atoms with Crippen LogP contribution in [0, 0.1) is 0 Å². The standard InChI is InChI=1S/C19H21Cl2N5S/c1-10-9-27-18-15(16(10)22)17(11-2-3-13(20)14(21)8-11)25-19(26-18)24-12-4-6-23-7-5-12/h2-3,8,12,23H,4-7,9,22H2,1H3,(H,24,25,26). The highest BCUT2D eigenvalue weighted by Crippen LogP contribution is 2.40. The lowest BCUT2D eigenvalue weighted by molar-refractivity contribution is 0.477. The van der Waals surface area contributed by atoms with Gasteiger partial charge in [0.2, 0.25) is 5.95 Å². The number of nitrogens with zero attached hydrogens (tertiary/aromatic N) is 2. The minimum absolute atomic E-state index is 0.370. The van der Waals surface area contributed by atoms with Gasteiger partial charge in [-0.15, -0.1) is 11.8 Å². The largest absolute Gasteiger partial charge is 0.398 e. The zero-order valence-corrected chi connectivity index (χ0v) is 17.3. The van der Waals surface area contributed by atoms with E-state index in [4.69, 9.17) is 38.9 Å². The molecule has 0 saturated carbocycles. The summed E-state index contributed by atoms with van der Waals surface area (Å²) in [6.07, 6.45) is 2.10. The Morgan fingerprint density at radius 2 is 1.96 bits per heavy atom. The van der Waals surface area contributed by atoms with Gasteiger partial charge in [-0.05, 0) is 50.6 Å². The van der Waals surface area contributed by atoms with Crippen LogP contribution in [0.3, 0.4) is 0 Å². The van der Waals surface area contributed by atoms with E-state index in [-0.39, 0.29) is 0 Å². The lowest BCUT2D eigenvalue weighted by atomic mass is 10.0. The fourth-order valence-corrected chi connectivity index (χ4v) is 4.63. The summed E-state index contributed by atoms with van der Waals surface area (Å²) in [6, 6.07) is 5.92. The van der Waals surface area contributed by atoms with E-state index in [1.165, 1.54) is 0 Å². The number of anilines is 1. The summed E-state index contributed by atoms with van der Waals surface area (Å²) < 4.78 is 0. The zero-order chi connectivity index (χ0) is 19.0.